The third kappa shape index (κ3) is 3.63. The number of anilines is 1. The van der Waals surface area contributed by atoms with Crippen LogP contribution in [0.15, 0.2) is 64.5 Å². The van der Waals surface area contributed by atoms with Crippen molar-refractivity contribution in [2.75, 3.05) is 12.4 Å². The zero-order chi connectivity index (χ0) is 21.3. The Hall–Kier alpha value is -3.33. The number of methoxy groups -OCH3 is 1. The fourth-order valence-electron chi connectivity index (χ4n) is 3.49. The van der Waals surface area contributed by atoms with Gasteiger partial charge in [-0.3, -0.25) is 4.79 Å². The number of primary amides is 1. The molecule has 3 aromatic rings. The molecule has 0 bridgehead atoms. The number of ether oxygens (including phenoxy) is 2. The molecule has 0 radical (unpaired) electrons. The van der Waals surface area contributed by atoms with E-state index in [1.165, 1.54) is 6.33 Å². The highest BCUT2D eigenvalue weighted by atomic mass is 79.9. The van der Waals surface area contributed by atoms with Crippen LogP contribution in [-0.4, -0.2) is 27.8 Å². The van der Waals surface area contributed by atoms with E-state index in [1.807, 2.05) is 42.5 Å². The lowest BCUT2D eigenvalue weighted by atomic mass is 9.95. The van der Waals surface area contributed by atoms with Crippen molar-refractivity contribution in [1.82, 2.24) is 14.8 Å². The summed E-state index contributed by atoms with van der Waals surface area (Å²) < 4.78 is 13.9. The van der Waals surface area contributed by atoms with Crippen molar-refractivity contribution in [2.24, 2.45) is 5.73 Å². The zero-order valence-corrected chi connectivity index (χ0v) is 18.0. The Labute approximate surface area is 181 Å². The summed E-state index contributed by atoms with van der Waals surface area (Å²) in [6, 6.07) is 13.0. The van der Waals surface area contributed by atoms with Crippen LogP contribution >= 0.6 is 15.9 Å². The van der Waals surface area contributed by atoms with Gasteiger partial charge in [0.15, 0.2) is 11.5 Å². The molecule has 2 heterocycles. The first-order valence-electron chi connectivity index (χ1n) is 9.21. The molecule has 154 valence electrons. The van der Waals surface area contributed by atoms with E-state index in [2.05, 4.69) is 31.3 Å². The van der Waals surface area contributed by atoms with Crippen molar-refractivity contribution in [2.45, 2.75) is 19.6 Å². The number of nitrogens with one attached hydrogen (secondary N) is 1. The van der Waals surface area contributed by atoms with Crippen LogP contribution in [0.5, 0.6) is 11.5 Å². The number of amides is 1. The summed E-state index contributed by atoms with van der Waals surface area (Å²) in [4.78, 5) is 16.5. The number of nitrogens with zero attached hydrogens (tertiary/aromatic N) is 3. The molecule has 4 rings (SSSR count). The molecule has 0 saturated carbocycles. The van der Waals surface area contributed by atoms with Gasteiger partial charge in [0, 0.05) is 5.70 Å². The predicted octanol–water partition coefficient (Wildman–Crippen LogP) is 3.40. The van der Waals surface area contributed by atoms with Crippen LogP contribution in [-0.2, 0) is 11.4 Å². The Morgan fingerprint density at radius 3 is 2.77 bits per heavy atom. The van der Waals surface area contributed by atoms with Crippen LogP contribution in [0.4, 0.5) is 5.95 Å². The second-order valence-corrected chi connectivity index (χ2v) is 7.62. The van der Waals surface area contributed by atoms with E-state index < -0.39 is 11.9 Å². The van der Waals surface area contributed by atoms with Crippen molar-refractivity contribution in [3.63, 3.8) is 0 Å². The first kappa shape index (κ1) is 20.0. The molecule has 1 amide bonds. The molecular formula is C21H20BrN5O3. The molecule has 0 saturated heterocycles. The monoisotopic (exact) mass is 469 g/mol. The van der Waals surface area contributed by atoms with Gasteiger partial charge in [0.05, 0.1) is 17.2 Å². The average Bonchev–Trinajstić information content (AvgIpc) is 3.19. The minimum absolute atomic E-state index is 0.390. The third-order valence-electron chi connectivity index (χ3n) is 4.85. The number of nitrogens with two attached hydrogens (primary N) is 1. The van der Waals surface area contributed by atoms with Crippen LogP contribution in [0, 0.1) is 0 Å². The molecule has 0 spiro atoms. The summed E-state index contributed by atoms with van der Waals surface area (Å²) in [5, 5.41) is 7.34. The fourth-order valence-corrected chi connectivity index (χ4v) is 4.06. The second kappa shape index (κ2) is 8.19. The smallest absolute Gasteiger partial charge is 0.248 e. The second-order valence-electron chi connectivity index (χ2n) is 6.77. The maximum atomic E-state index is 12.2. The highest BCUT2D eigenvalue weighted by molar-refractivity contribution is 9.10. The van der Waals surface area contributed by atoms with E-state index in [1.54, 1.807) is 18.7 Å². The molecular weight excluding hydrogens is 450 g/mol. The minimum atomic E-state index is -0.547. The number of benzene rings is 2. The van der Waals surface area contributed by atoms with E-state index in [9.17, 15) is 4.79 Å². The quantitative estimate of drug-likeness (QED) is 0.573. The summed E-state index contributed by atoms with van der Waals surface area (Å²) in [7, 11) is 1.57. The molecule has 1 aliphatic rings. The summed E-state index contributed by atoms with van der Waals surface area (Å²) >= 11 is 3.58. The molecule has 30 heavy (non-hydrogen) atoms. The topological polar surface area (TPSA) is 104 Å². The normalized spacial score (nSPS) is 15.4. The number of carbonyl (C=O) groups is 1. The van der Waals surface area contributed by atoms with Crippen molar-refractivity contribution >= 4 is 27.8 Å². The predicted molar refractivity (Wildman–Crippen MR) is 115 cm³/mol. The van der Waals surface area contributed by atoms with Gasteiger partial charge < -0.3 is 20.5 Å². The summed E-state index contributed by atoms with van der Waals surface area (Å²) in [5.74, 6) is 1.09. The number of hydrogen-bond acceptors (Lipinski definition) is 6. The van der Waals surface area contributed by atoms with Crippen LogP contribution in [0.1, 0.15) is 24.1 Å². The van der Waals surface area contributed by atoms with E-state index >= 15 is 0 Å². The molecule has 9 heteroatoms. The molecule has 1 aromatic heterocycles. The Morgan fingerprint density at radius 1 is 1.30 bits per heavy atom. The van der Waals surface area contributed by atoms with E-state index in [0.717, 1.165) is 11.1 Å². The van der Waals surface area contributed by atoms with Crippen molar-refractivity contribution in [1.29, 1.82) is 0 Å². The van der Waals surface area contributed by atoms with Gasteiger partial charge in [0.1, 0.15) is 19.0 Å². The van der Waals surface area contributed by atoms with Crippen LogP contribution in [0.25, 0.3) is 0 Å². The highest BCUT2D eigenvalue weighted by Gasteiger charge is 2.33. The number of hydrogen-bond donors (Lipinski definition) is 2. The molecule has 1 unspecified atom stereocenters. The Bertz CT molecular complexity index is 1130. The molecule has 2 aromatic carbocycles. The summed E-state index contributed by atoms with van der Waals surface area (Å²) in [5.41, 5.74) is 8.52. The van der Waals surface area contributed by atoms with Crippen LogP contribution in [0.3, 0.4) is 0 Å². The minimum Gasteiger partial charge on any atom is -0.493 e. The van der Waals surface area contributed by atoms with Gasteiger partial charge in [-0.2, -0.15) is 10.1 Å². The molecule has 1 aliphatic heterocycles. The first-order chi connectivity index (χ1) is 14.5. The lowest BCUT2D eigenvalue weighted by molar-refractivity contribution is -0.115. The van der Waals surface area contributed by atoms with Gasteiger partial charge in [-0.1, -0.05) is 30.3 Å². The molecule has 1 atom stereocenters. The van der Waals surface area contributed by atoms with Crippen LogP contribution in [0.2, 0.25) is 0 Å². The van der Waals surface area contributed by atoms with Crippen molar-refractivity contribution in [3.8, 4) is 11.5 Å². The van der Waals surface area contributed by atoms with Gasteiger partial charge in [-0.15, -0.1) is 0 Å². The summed E-state index contributed by atoms with van der Waals surface area (Å²) in [6.45, 7) is 2.18. The van der Waals surface area contributed by atoms with Crippen molar-refractivity contribution < 1.29 is 14.3 Å². The molecule has 3 N–H and O–H groups in total. The van der Waals surface area contributed by atoms with E-state index in [0.29, 0.717) is 39.8 Å². The van der Waals surface area contributed by atoms with E-state index in [4.69, 9.17) is 15.2 Å². The van der Waals surface area contributed by atoms with E-state index in [-0.39, 0.29) is 0 Å². The standard InChI is InChI=1S/C21H20BrN5O3/c1-12-17(20(23)28)18(27-21(26-12)24-11-25-27)14-8-15(22)19(16(9-14)29-2)30-10-13-6-4-3-5-7-13/h3-9,11,18H,10H2,1-2H3,(H2,23,28)(H,24,25,26). The number of rotatable bonds is 6. The first-order valence-corrected chi connectivity index (χ1v) is 10.00. The average molecular weight is 470 g/mol. The van der Waals surface area contributed by atoms with Crippen LogP contribution < -0.4 is 20.5 Å². The number of allylic oxidation sites excluding steroid dienone is 1. The Balaban J connectivity index is 1.75. The highest BCUT2D eigenvalue weighted by Crippen LogP contribution is 2.42. The van der Waals surface area contributed by atoms with Gasteiger partial charge in [0.25, 0.3) is 0 Å². The number of halogens is 1. The maximum absolute atomic E-state index is 12.2. The van der Waals surface area contributed by atoms with Gasteiger partial charge in [-0.25, -0.2) is 4.68 Å². The fraction of sp³-hybridized carbons (Fsp3) is 0.190. The maximum Gasteiger partial charge on any atom is 0.248 e. The number of carbonyl (C=O) groups excluding carboxylic acids is 1. The third-order valence-corrected chi connectivity index (χ3v) is 5.44. The van der Waals surface area contributed by atoms with Gasteiger partial charge in [0.2, 0.25) is 11.9 Å². The largest absolute Gasteiger partial charge is 0.493 e. The number of fused-ring (bicyclic) bond motifs is 1. The number of aromatic nitrogens is 3. The lowest BCUT2D eigenvalue weighted by Crippen LogP contribution is -2.31. The van der Waals surface area contributed by atoms with Gasteiger partial charge >= 0.3 is 0 Å². The molecule has 8 nitrogen and oxygen atoms in total. The zero-order valence-electron chi connectivity index (χ0n) is 16.4. The lowest BCUT2D eigenvalue weighted by Gasteiger charge is -2.28. The van der Waals surface area contributed by atoms with Crippen molar-refractivity contribution in [3.05, 3.63) is 75.7 Å². The SMILES string of the molecule is COc1cc(C2C(C(N)=O)=C(C)Nc3ncnn32)cc(Br)c1OCc1ccccc1. The Morgan fingerprint density at radius 2 is 2.07 bits per heavy atom. The molecule has 0 fully saturated rings. The van der Waals surface area contributed by atoms with Gasteiger partial charge in [-0.05, 0) is 46.1 Å². The summed E-state index contributed by atoms with van der Waals surface area (Å²) in [6.07, 6.45) is 1.43. The molecule has 0 aliphatic carbocycles. The Kier molecular flexibility index (Phi) is 5.45.